The van der Waals surface area contributed by atoms with Gasteiger partial charge in [-0.05, 0) is 55.5 Å². The average Bonchev–Trinajstić information content (AvgIpc) is 3.19. The van der Waals surface area contributed by atoms with Crippen LogP contribution in [0, 0.1) is 6.92 Å². The highest BCUT2D eigenvalue weighted by Gasteiger charge is 2.19. The number of carbonyl (C=O) groups excluding carboxylic acids is 1. The van der Waals surface area contributed by atoms with E-state index in [1.807, 2.05) is 60.7 Å². The third-order valence-electron chi connectivity index (χ3n) is 5.22. The maximum atomic E-state index is 13.1. The number of nitrogens with zero attached hydrogens (tertiary/aromatic N) is 2. The van der Waals surface area contributed by atoms with Crippen molar-refractivity contribution in [3.8, 4) is 17.2 Å². The molecule has 5 rings (SSSR count). The van der Waals surface area contributed by atoms with Crippen molar-refractivity contribution >= 4 is 22.6 Å². The van der Waals surface area contributed by atoms with Crippen LogP contribution in [0.4, 0.5) is 5.69 Å². The van der Waals surface area contributed by atoms with Crippen molar-refractivity contribution in [2.24, 2.45) is 0 Å². The minimum Gasteiger partial charge on any atom is -0.457 e. The summed E-state index contributed by atoms with van der Waals surface area (Å²) in [5.41, 5.74) is 2.11. The SMILES string of the molecule is Cc1nn(-c2ccccc2)c2[nH]cc(C(=O)Nc3ccc(Oc4ccccc4)cc3)c(=O)c12. The zero-order valence-electron chi connectivity index (χ0n) is 17.8. The molecule has 0 unspecified atom stereocenters. The van der Waals surface area contributed by atoms with E-state index in [1.165, 1.54) is 6.20 Å². The molecule has 2 N–H and O–H groups in total. The number of para-hydroxylation sites is 2. The predicted molar refractivity (Wildman–Crippen MR) is 127 cm³/mol. The van der Waals surface area contributed by atoms with Gasteiger partial charge in [0.2, 0.25) is 5.43 Å². The summed E-state index contributed by atoms with van der Waals surface area (Å²) >= 11 is 0. The van der Waals surface area contributed by atoms with Crippen LogP contribution in [-0.2, 0) is 0 Å². The first kappa shape index (κ1) is 20.3. The highest BCUT2D eigenvalue weighted by Crippen LogP contribution is 2.23. The monoisotopic (exact) mass is 436 g/mol. The summed E-state index contributed by atoms with van der Waals surface area (Å²) in [6.45, 7) is 1.75. The van der Waals surface area contributed by atoms with Gasteiger partial charge in [0.05, 0.1) is 16.8 Å². The molecule has 0 aliphatic heterocycles. The fourth-order valence-corrected chi connectivity index (χ4v) is 3.63. The van der Waals surface area contributed by atoms with Crippen LogP contribution in [0.25, 0.3) is 16.7 Å². The number of hydrogen-bond acceptors (Lipinski definition) is 4. The number of carbonyl (C=O) groups is 1. The quantitative estimate of drug-likeness (QED) is 0.403. The molecule has 0 fully saturated rings. The summed E-state index contributed by atoms with van der Waals surface area (Å²) in [7, 11) is 0. The molecule has 0 atom stereocenters. The minimum absolute atomic E-state index is 0.0165. The van der Waals surface area contributed by atoms with Crippen LogP contribution in [0.2, 0.25) is 0 Å². The lowest BCUT2D eigenvalue weighted by atomic mass is 10.1. The Labute approximate surface area is 189 Å². The van der Waals surface area contributed by atoms with Gasteiger partial charge in [0.25, 0.3) is 5.91 Å². The van der Waals surface area contributed by atoms with Crippen LogP contribution in [0.3, 0.4) is 0 Å². The van der Waals surface area contributed by atoms with E-state index < -0.39 is 5.91 Å². The van der Waals surface area contributed by atoms with Crippen LogP contribution in [0.1, 0.15) is 16.1 Å². The van der Waals surface area contributed by atoms with E-state index in [1.54, 1.807) is 35.9 Å². The number of anilines is 1. The molecule has 7 nitrogen and oxygen atoms in total. The number of nitrogens with one attached hydrogen (secondary N) is 2. The van der Waals surface area contributed by atoms with Crippen molar-refractivity contribution in [2.45, 2.75) is 6.92 Å². The van der Waals surface area contributed by atoms with Crippen LogP contribution >= 0.6 is 0 Å². The third-order valence-corrected chi connectivity index (χ3v) is 5.22. The number of aromatic nitrogens is 3. The van der Waals surface area contributed by atoms with Crippen molar-refractivity contribution in [1.82, 2.24) is 14.8 Å². The molecule has 2 heterocycles. The van der Waals surface area contributed by atoms with Crippen LogP contribution in [0.5, 0.6) is 11.5 Å². The number of aryl methyl sites for hydroxylation is 1. The maximum absolute atomic E-state index is 13.1. The first-order valence-electron chi connectivity index (χ1n) is 10.4. The Morgan fingerprint density at radius 3 is 2.24 bits per heavy atom. The van der Waals surface area contributed by atoms with Gasteiger partial charge in [-0.2, -0.15) is 5.10 Å². The van der Waals surface area contributed by atoms with Crippen LogP contribution in [-0.4, -0.2) is 20.7 Å². The smallest absolute Gasteiger partial charge is 0.261 e. The van der Waals surface area contributed by atoms with Gasteiger partial charge in [-0.3, -0.25) is 9.59 Å². The number of H-pyrrole nitrogens is 1. The standard InChI is InChI=1S/C26H20N4O3/c1-17-23-24(31)22(16-27-25(23)30(29-17)19-8-4-2-5-9-19)26(32)28-18-12-14-21(15-13-18)33-20-10-6-3-7-11-20/h2-16H,1H3,(H,27,31)(H,28,32). The Balaban J connectivity index is 1.39. The first-order valence-corrected chi connectivity index (χ1v) is 10.4. The Bertz CT molecular complexity index is 1490. The summed E-state index contributed by atoms with van der Waals surface area (Å²) in [6.07, 6.45) is 1.42. The van der Waals surface area contributed by atoms with Crippen molar-refractivity contribution in [3.05, 3.63) is 113 Å². The normalized spacial score (nSPS) is 10.8. The lowest BCUT2D eigenvalue weighted by Crippen LogP contribution is -2.22. The highest BCUT2D eigenvalue weighted by atomic mass is 16.5. The van der Waals surface area contributed by atoms with Crippen LogP contribution in [0.15, 0.2) is 95.9 Å². The molecule has 7 heteroatoms. The van der Waals surface area contributed by atoms with Gasteiger partial charge in [-0.15, -0.1) is 0 Å². The van der Waals surface area contributed by atoms with Crippen molar-refractivity contribution in [2.75, 3.05) is 5.32 Å². The molecular formula is C26H20N4O3. The van der Waals surface area contributed by atoms with Gasteiger partial charge < -0.3 is 15.0 Å². The molecule has 0 saturated heterocycles. The molecule has 2 aromatic heterocycles. The summed E-state index contributed by atoms with van der Waals surface area (Å²) < 4.78 is 7.43. The van der Waals surface area contributed by atoms with Gasteiger partial charge >= 0.3 is 0 Å². The number of amides is 1. The lowest BCUT2D eigenvalue weighted by Gasteiger charge is -2.08. The van der Waals surface area contributed by atoms with E-state index in [4.69, 9.17) is 4.74 Å². The Kier molecular flexibility index (Phi) is 5.20. The molecule has 3 aromatic carbocycles. The number of rotatable bonds is 5. The largest absolute Gasteiger partial charge is 0.457 e. The molecule has 33 heavy (non-hydrogen) atoms. The molecule has 0 spiro atoms. The van der Waals surface area contributed by atoms with E-state index in [-0.39, 0.29) is 11.0 Å². The van der Waals surface area contributed by atoms with Crippen molar-refractivity contribution < 1.29 is 9.53 Å². The third kappa shape index (κ3) is 3.99. The number of ether oxygens (including phenoxy) is 1. The Hall–Kier alpha value is -4.65. The summed E-state index contributed by atoms with van der Waals surface area (Å²) in [6, 6.07) is 25.9. The van der Waals surface area contributed by atoms with Crippen molar-refractivity contribution in [3.63, 3.8) is 0 Å². The van der Waals surface area contributed by atoms with E-state index in [9.17, 15) is 9.59 Å². The number of aromatic amines is 1. The molecule has 0 bridgehead atoms. The maximum Gasteiger partial charge on any atom is 0.261 e. The van der Waals surface area contributed by atoms with Gasteiger partial charge in [0.15, 0.2) is 0 Å². The second kappa shape index (κ2) is 8.47. The minimum atomic E-state index is -0.498. The second-order valence-electron chi connectivity index (χ2n) is 7.48. The van der Waals surface area contributed by atoms with Gasteiger partial charge in [0, 0.05) is 11.9 Å². The number of benzene rings is 3. The summed E-state index contributed by atoms with van der Waals surface area (Å²) in [5.74, 6) is 0.865. The lowest BCUT2D eigenvalue weighted by molar-refractivity contribution is 0.102. The predicted octanol–water partition coefficient (Wildman–Crippen LogP) is 5.07. The Morgan fingerprint density at radius 1 is 0.909 bits per heavy atom. The summed E-state index contributed by atoms with van der Waals surface area (Å²) in [4.78, 5) is 29.1. The molecular weight excluding hydrogens is 416 g/mol. The van der Waals surface area contributed by atoms with Gasteiger partial charge in [-0.1, -0.05) is 36.4 Å². The molecule has 0 saturated carbocycles. The second-order valence-corrected chi connectivity index (χ2v) is 7.48. The van der Waals surface area contributed by atoms with E-state index in [2.05, 4.69) is 15.4 Å². The number of hydrogen-bond donors (Lipinski definition) is 2. The summed E-state index contributed by atoms with van der Waals surface area (Å²) in [5, 5.41) is 7.65. The Morgan fingerprint density at radius 2 is 1.55 bits per heavy atom. The topological polar surface area (TPSA) is 89.0 Å². The first-order chi connectivity index (χ1) is 16.1. The van der Waals surface area contributed by atoms with Gasteiger partial charge in [-0.25, -0.2) is 4.68 Å². The molecule has 162 valence electrons. The van der Waals surface area contributed by atoms with Crippen molar-refractivity contribution in [1.29, 1.82) is 0 Å². The van der Waals surface area contributed by atoms with Gasteiger partial charge in [0.1, 0.15) is 22.7 Å². The molecule has 0 radical (unpaired) electrons. The molecule has 5 aromatic rings. The van der Waals surface area contributed by atoms with E-state index in [0.717, 1.165) is 11.4 Å². The average molecular weight is 436 g/mol. The number of fused-ring (bicyclic) bond motifs is 1. The van der Waals surface area contributed by atoms with Crippen LogP contribution < -0.4 is 15.5 Å². The zero-order valence-corrected chi connectivity index (χ0v) is 17.8. The zero-order chi connectivity index (χ0) is 22.8. The molecule has 1 amide bonds. The fraction of sp³-hybridized carbons (Fsp3) is 0.0385. The molecule has 0 aliphatic rings. The molecule has 0 aliphatic carbocycles. The van der Waals surface area contributed by atoms with E-state index >= 15 is 0 Å². The fourth-order valence-electron chi connectivity index (χ4n) is 3.63. The number of pyridine rings is 1. The highest BCUT2D eigenvalue weighted by molar-refractivity contribution is 6.05. The van der Waals surface area contributed by atoms with E-state index in [0.29, 0.717) is 28.2 Å².